The van der Waals surface area contributed by atoms with Crippen molar-refractivity contribution in [3.63, 3.8) is 0 Å². The van der Waals surface area contributed by atoms with Gasteiger partial charge in [0.1, 0.15) is 0 Å². The number of carbonyl (C=O) groups is 1. The summed E-state index contributed by atoms with van der Waals surface area (Å²) in [5.74, 6) is -0.907. The van der Waals surface area contributed by atoms with Crippen LogP contribution >= 0.6 is 0 Å². The number of hydrogen-bond acceptors (Lipinski definition) is 2. The number of aromatic amines is 2. The van der Waals surface area contributed by atoms with Gasteiger partial charge in [0.15, 0.2) is 0 Å². The van der Waals surface area contributed by atoms with Crippen LogP contribution < -0.4 is 0 Å². The van der Waals surface area contributed by atoms with Crippen LogP contribution in [0.5, 0.6) is 0 Å². The van der Waals surface area contributed by atoms with Gasteiger partial charge in [-0.05, 0) is 19.9 Å². The lowest BCUT2D eigenvalue weighted by atomic mass is 10.1. The predicted molar refractivity (Wildman–Crippen MR) is 58.6 cm³/mol. The average Bonchev–Trinajstić information content (AvgIpc) is 2.80. The lowest BCUT2D eigenvalue weighted by molar-refractivity contribution is 0.0696. The number of aryl methyl sites for hydroxylation is 2. The second-order valence-electron chi connectivity index (χ2n) is 3.76. The van der Waals surface area contributed by atoms with Crippen molar-refractivity contribution in [3.8, 4) is 0 Å². The first-order valence-electron chi connectivity index (χ1n) is 4.99. The van der Waals surface area contributed by atoms with Crippen molar-refractivity contribution in [1.29, 1.82) is 0 Å². The summed E-state index contributed by atoms with van der Waals surface area (Å²) >= 11 is 0. The Morgan fingerprint density at radius 1 is 1.50 bits per heavy atom. The molecule has 0 atom stereocenters. The highest BCUT2D eigenvalue weighted by Crippen LogP contribution is 2.17. The Kier molecular flexibility index (Phi) is 2.52. The number of rotatable bonds is 3. The summed E-state index contributed by atoms with van der Waals surface area (Å²) in [4.78, 5) is 13.9. The van der Waals surface area contributed by atoms with Gasteiger partial charge in [-0.2, -0.15) is 5.10 Å². The molecule has 2 aromatic heterocycles. The quantitative estimate of drug-likeness (QED) is 0.734. The van der Waals surface area contributed by atoms with Crippen molar-refractivity contribution in [2.75, 3.05) is 0 Å². The van der Waals surface area contributed by atoms with Crippen LogP contribution in [0.1, 0.15) is 33.0 Å². The van der Waals surface area contributed by atoms with Crippen LogP contribution in [0.4, 0.5) is 0 Å². The van der Waals surface area contributed by atoms with E-state index in [4.69, 9.17) is 5.11 Å². The Labute approximate surface area is 92.5 Å². The number of carboxylic acid groups (broad SMARTS) is 1. The van der Waals surface area contributed by atoms with Crippen molar-refractivity contribution in [3.05, 3.63) is 40.5 Å². The normalized spacial score (nSPS) is 10.6. The Hall–Kier alpha value is -2.04. The average molecular weight is 219 g/mol. The van der Waals surface area contributed by atoms with Crippen LogP contribution in [0, 0.1) is 13.8 Å². The fourth-order valence-electron chi connectivity index (χ4n) is 1.76. The standard InChI is InChI=1S/C11H13N3O2/c1-6-9(7(2)14-13-6)5-10-8(11(15)16)3-4-12-10/h3-4,12H,5H2,1-2H3,(H,13,14)(H,15,16). The molecule has 0 amide bonds. The summed E-state index contributed by atoms with van der Waals surface area (Å²) in [7, 11) is 0. The first-order valence-corrected chi connectivity index (χ1v) is 4.99. The number of hydrogen-bond donors (Lipinski definition) is 3. The fraction of sp³-hybridized carbons (Fsp3) is 0.273. The molecular formula is C11H13N3O2. The van der Waals surface area contributed by atoms with Crippen molar-refractivity contribution in [2.45, 2.75) is 20.3 Å². The summed E-state index contributed by atoms with van der Waals surface area (Å²) in [6.07, 6.45) is 2.20. The maximum Gasteiger partial charge on any atom is 0.337 e. The van der Waals surface area contributed by atoms with Gasteiger partial charge in [0.25, 0.3) is 0 Å². The SMILES string of the molecule is Cc1n[nH]c(C)c1Cc1[nH]ccc1C(=O)O. The minimum absolute atomic E-state index is 0.319. The summed E-state index contributed by atoms with van der Waals surface area (Å²) in [6, 6.07) is 1.57. The van der Waals surface area contributed by atoms with E-state index in [2.05, 4.69) is 15.2 Å². The van der Waals surface area contributed by atoms with E-state index < -0.39 is 5.97 Å². The molecule has 0 saturated heterocycles. The molecule has 0 bridgehead atoms. The third-order valence-electron chi connectivity index (χ3n) is 2.70. The van der Waals surface area contributed by atoms with E-state index >= 15 is 0 Å². The molecule has 5 heteroatoms. The third-order valence-corrected chi connectivity index (χ3v) is 2.70. The summed E-state index contributed by atoms with van der Waals surface area (Å²) in [5.41, 5.74) is 3.96. The van der Waals surface area contributed by atoms with Gasteiger partial charge >= 0.3 is 5.97 Å². The molecular weight excluding hydrogens is 206 g/mol. The zero-order chi connectivity index (χ0) is 11.7. The fourth-order valence-corrected chi connectivity index (χ4v) is 1.76. The van der Waals surface area contributed by atoms with Crippen LogP contribution in [0.15, 0.2) is 12.3 Å². The second kappa shape index (κ2) is 3.84. The first kappa shape index (κ1) is 10.5. The van der Waals surface area contributed by atoms with Crippen LogP contribution in [0.25, 0.3) is 0 Å². The highest BCUT2D eigenvalue weighted by molar-refractivity contribution is 5.89. The molecule has 0 spiro atoms. The first-order chi connectivity index (χ1) is 7.59. The van der Waals surface area contributed by atoms with Crippen molar-refractivity contribution in [1.82, 2.24) is 15.2 Å². The number of nitrogens with one attached hydrogen (secondary N) is 2. The Balaban J connectivity index is 2.34. The van der Waals surface area contributed by atoms with E-state index in [-0.39, 0.29) is 0 Å². The topological polar surface area (TPSA) is 81.8 Å². The van der Waals surface area contributed by atoms with Crippen molar-refractivity contribution in [2.24, 2.45) is 0 Å². The number of carboxylic acids is 1. The molecule has 0 fully saturated rings. The van der Waals surface area contributed by atoms with Gasteiger partial charge in [-0.15, -0.1) is 0 Å². The number of nitrogens with zero attached hydrogens (tertiary/aromatic N) is 1. The molecule has 0 aliphatic carbocycles. The van der Waals surface area contributed by atoms with Gasteiger partial charge in [-0.1, -0.05) is 0 Å². The summed E-state index contributed by atoms with van der Waals surface area (Å²) < 4.78 is 0. The molecule has 0 saturated carbocycles. The van der Waals surface area contributed by atoms with Crippen LogP contribution in [-0.2, 0) is 6.42 Å². The second-order valence-corrected chi connectivity index (χ2v) is 3.76. The van der Waals surface area contributed by atoms with Gasteiger partial charge in [0.2, 0.25) is 0 Å². The Morgan fingerprint density at radius 2 is 2.25 bits per heavy atom. The molecule has 3 N–H and O–H groups in total. The molecule has 0 unspecified atom stereocenters. The maximum absolute atomic E-state index is 10.9. The Bertz CT molecular complexity index is 506. The van der Waals surface area contributed by atoms with Crippen molar-refractivity contribution < 1.29 is 9.90 Å². The van der Waals surface area contributed by atoms with E-state index in [1.807, 2.05) is 13.8 Å². The summed E-state index contributed by atoms with van der Waals surface area (Å²) in [5, 5.41) is 15.9. The zero-order valence-electron chi connectivity index (χ0n) is 9.16. The molecule has 0 radical (unpaired) electrons. The molecule has 2 rings (SSSR count). The van der Waals surface area contributed by atoms with E-state index in [1.54, 1.807) is 12.3 Å². The minimum Gasteiger partial charge on any atom is -0.478 e. The molecule has 5 nitrogen and oxygen atoms in total. The van der Waals surface area contributed by atoms with Gasteiger partial charge < -0.3 is 10.1 Å². The molecule has 0 aliphatic rings. The van der Waals surface area contributed by atoms with E-state index in [1.165, 1.54) is 0 Å². The number of aromatic carboxylic acids is 1. The van der Waals surface area contributed by atoms with E-state index in [9.17, 15) is 4.79 Å². The van der Waals surface area contributed by atoms with Gasteiger partial charge in [0.05, 0.1) is 11.3 Å². The maximum atomic E-state index is 10.9. The Morgan fingerprint density at radius 3 is 2.81 bits per heavy atom. The smallest absolute Gasteiger partial charge is 0.337 e. The van der Waals surface area contributed by atoms with Crippen LogP contribution in [-0.4, -0.2) is 26.3 Å². The largest absolute Gasteiger partial charge is 0.478 e. The zero-order valence-corrected chi connectivity index (χ0v) is 9.16. The van der Waals surface area contributed by atoms with Gasteiger partial charge in [-0.25, -0.2) is 4.79 Å². The van der Waals surface area contributed by atoms with E-state index in [0.29, 0.717) is 17.7 Å². The van der Waals surface area contributed by atoms with Gasteiger partial charge in [-0.3, -0.25) is 5.10 Å². The highest BCUT2D eigenvalue weighted by atomic mass is 16.4. The molecule has 2 aromatic rings. The highest BCUT2D eigenvalue weighted by Gasteiger charge is 2.14. The lowest BCUT2D eigenvalue weighted by Gasteiger charge is -2.01. The van der Waals surface area contributed by atoms with Crippen molar-refractivity contribution >= 4 is 5.97 Å². The lowest BCUT2D eigenvalue weighted by Crippen LogP contribution is -2.01. The monoisotopic (exact) mass is 219 g/mol. The number of H-pyrrole nitrogens is 2. The molecule has 2 heterocycles. The van der Waals surface area contributed by atoms with Crippen LogP contribution in [0.2, 0.25) is 0 Å². The predicted octanol–water partition coefficient (Wildman–Crippen LogP) is 1.64. The minimum atomic E-state index is -0.907. The molecule has 0 aromatic carbocycles. The van der Waals surface area contributed by atoms with E-state index in [0.717, 1.165) is 17.0 Å². The molecule has 0 aliphatic heterocycles. The summed E-state index contributed by atoms with van der Waals surface area (Å²) in [6.45, 7) is 3.83. The molecule has 16 heavy (non-hydrogen) atoms. The molecule has 84 valence electrons. The van der Waals surface area contributed by atoms with Gasteiger partial charge in [0, 0.05) is 29.6 Å². The third kappa shape index (κ3) is 1.71. The number of aromatic nitrogens is 3. The van der Waals surface area contributed by atoms with Crippen LogP contribution in [0.3, 0.4) is 0 Å².